The number of alkyl halides is 4. The fraction of sp³-hybridized carbons (Fsp3) is 0.522. The summed E-state index contributed by atoms with van der Waals surface area (Å²) in [5, 5.41) is 11.2. The van der Waals surface area contributed by atoms with Gasteiger partial charge in [0.2, 0.25) is 5.88 Å². The van der Waals surface area contributed by atoms with E-state index < -0.39 is 19.0 Å². The number of pyridine rings is 2. The average Bonchev–Trinajstić information content (AvgIpc) is 3.60. The van der Waals surface area contributed by atoms with Crippen molar-refractivity contribution < 1.29 is 32.2 Å². The van der Waals surface area contributed by atoms with Crippen LogP contribution in [0.5, 0.6) is 5.88 Å². The van der Waals surface area contributed by atoms with E-state index in [0.717, 1.165) is 5.56 Å². The van der Waals surface area contributed by atoms with Crippen molar-refractivity contribution in [2.75, 3.05) is 25.6 Å². The molecule has 186 valence electrons. The Kier molecular flexibility index (Phi) is 7.96. The highest BCUT2D eigenvalue weighted by molar-refractivity contribution is 5.99. The zero-order chi connectivity index (χ0) is 25.0. The second kappa shape index (κ2) is 10.5. The van der Waals surface area contributed by atoms with Crippen molar-refractivity contribution in [1.29, 1.82) is 0 Å². The number of carbonyl (C=O) groups is 1. The summed E-state index contributed by atoms with van der Waals surface area (Å²) in [4.78, 5) is 22.6. The molecule has 2 aromatic rings. The molecule has 1 atom stereocenters. The minimum absolute atomic E-state index is 0.152. The molecular weight excluding hydrogens is 456 g/mol. The largest absolute Gasteiger partial charge is 0.471 e. The van der Waals surface area contributed by atoms with Crippen molar-refractivity contribution in [3.05, 3.63) is 46.8 Å². The number of nitrogens with zero attached hydrogens (tertiary/aromatic N) is 3. The number of anilines is 1. The van der Waals surface area contributed by atoms with Crippen LogP contribution in [0.1, 0.15) is 52.9 Å². The first-order chi connectivity index (χ1) is 16.1. The number of carbonyl (C=O) groups excluding carboxylic acids is 1. The number of hydrogen-bond donors (Lipinski definition) is 2. The molecule has 2 aliphatic rings. The summed E-state index contributed by atoms with van der Waals surface area (Å²) in [5.74, 6) is -3.24. The molecule has 2 aromatic heterocycles. The molecule has 1 amide bonds. The Morgan fingerprint density at radius 2 is 2.03 bits per heavy atom. The molecule has 3 heterocycles. The van der Waals surface area contributed by atoms with Crippen LogP contribution in [-0.4, -0.2) is 58.5 Å². The van der Waals surface area contributed by atoms with E-state index in [4.69, 9.17) is 9.84 Å². The van der Waals surface area contributed by atoms with Crippen LogP contribution in [0.4, 0.5) is 23.4 Å². The van der Waals surface area contributed by atoms with Crippen molar-refractivity contribution in [3.63, 3.8) is 0 Å². The number of ether oxygens (including phenoxy) is 1. The standard InChI is InChI=1S/C19H20F4N4O2.C4H8O/c1-10-6-12(7-26-16(10)29-9-19(22,23)18(20)21)11(2)27-8-14-13(17(27)28)4-5-25-15(14)24-3;5-3-4-1-2-4/h4-7,11,18H,8-9H2,1-3H3,(H,24,25);4-5H,1-3H2. The van der Waals surface area contributed by atoms with Crippen LogP contribution in [0.2, 0.25) is 0 Å². The highest BCUT2D eigenvalue weighted by atomic mass is 19.3. The molecule has 0 radical (unpaired) electrons. The minimum Gasteiger partial charge on any atom is -0.471 e. The summed E-state index contributed by atoms with van der Waals surface area (Å²) in [6.07, 6.45) is 1.65. The van der Waals surface area contributed by atoms with Crippen LogP contribution < -0.4 is 10.1 Å². The minimum atomic E-state index is -4.26. The molecule has 1 aliphatic heterocycles. The molecule has 0 aromatic carbocycles. The Morgan fingerprint density at radius 1 is 1.32 bits per heavy atom. The number of halogens is 4. The van der Waals surface area contributed by atoms with Gasteiger partial charge in [0, 0.05) is 42.7 Å². The van der Waals surface area contributed by atoms with E-state index in [9.17, 15) is 22.4 Å². The Morgan fingerprint density at radius 3 is 2.56 bits per heavy atom. The van der Waals surface area contributed by atoms with Crippen LogP contribution in [-0.2, 0) is 6.54 Å². The lowest BCUT2D eigenvalue weighted by Gasteiger charge is -2.25. The number of hydrogen-bond acceptors (Lipinski definition) is 6. The Bertz CT molecular complexity index is 1020. The Labute approximate surface area is 195 Å². The van der Waals surface area contributed by atoms with Gasteiger partial charge in [-0.05, 0) is 50.3 Å². The van der Waals surface area contributed by atoms with Gasteiger partial charge in [0.05, 0.1) is 12.6 Å². The summed E-state index contributed by atoms with van der Waals surface area (Å²) in [6, 6.07) is 2.94. The van der Waals surface area contributed by atoms with Gasteiger partial charge in [-0.2, -0.15) is 8.78 Å². The number of aliphatic hydroxyl groups excluding tert-OH is 1. The van der Waals surface area contributed by atoms with E-state index in [1.165, 1.54) is 19.0 Å². The second-order valence-corrected chi connectivity index (χ2v) is 8.41. The van der Waals surface area contributed by atoms with Gasteiger partial charge in [-0.25, -0.2) is 18.7 Å². The smallest absolute Gasteiger partial charge is 0.340 e. The zero-order valence-corrected chi connectivity index (χ0v) is 19.2. The maximum Gasteiger partial charge on any atom is 0.340 e. The molecule has 2 N–H and O–H groups in total. The van der Waals surface area contributed by atoms with Crippen LogP contribution in [0, 0.1) is 12.8 Å². The number of nitrogens with one attached hydrogen (secondary N) is 1. The summed E-state index contributed by atoms with van der Waals surface area (Å²) in [5.41, 5.74) is 2.43. The van der Waals surface area contributed by atoms with Gasteiger partial charge in [0.15, 0.2) is 6.61 Å². The molecule has 4 rings (SSSR count). The number of aromatic nitrogens is 2. The van der Waals surface area contributed by atoms with Gasteiger partial charge in [0.1, 0.15) is 5.82 Å². The third-order valence-electron chi connectivity index (χ3n) is 5.79. The maximum atomic E-state index is 13.1. The highest BCUT2D eigenvalue weighted by Crippen LogP contribution is 2.34. The van der Waals surface area contributed by atoms with Gasteiger partial charge in [-0.3, -0.25) is 4.79 Å². The second-order valence-electron chi connectivity index (χ2n) is 8.41. The number of fused-ring (bicyclic) bond motifs is 1. The summed E-state index contributed by atoms with van der Waals surface area (Å²) >= 11 is 0. The number of aliphatic hydroxyl groups is 1. The SMILES string of the molecule is CNc1nccc2c1CN(C(C)c1cnc(OCC(F)(F)C(F)F)c(C)c1)C2=O.OCC1CC1. The van der Waals surface area contributed by atoms with E-state index in [-0.39, 0.29) is 17.8 Å². The fourth-order valence-electron chi connectivity index (χ4n) is 3.45. The topological polar surface area (TPSA) is 87.6 Å². The van der Waals surface area contributed by atoms with Gasteiger partial charge in [-0.15, -0.1) is 0 Å². The molecular formula is C23H28F4N4O3. The molecule has 11 heteroatoms. The summed E-state index contributed by atoms with van der Waals surface area (Å²) in [7, 11) is 1.72. The van der Waals surface area contributed by atoms with Crippen molar-refractivity contribution in [3.8, 4) is 5.88 Å². The zero-order valence-electron chi connectivity index (χ0n) is 19.2. The summed E-state index contributed by atoms with van der Waals surface area (Å²) < 4.78 is 55.4. The van der Waals surface area contributed by atoms with Crippen molar-refractivity contribution in [1.82, 2.24) is 14.9 Å². The molecule has 1 fully saturated rings. The van der Waals surface area contributed by atoms with Gasteiger partial charge in [0.25, 0.3) is 5.91 Å². The number of amides is 1. The molecule has 1 saturated carbocycles. The first-order valence-corrected chi connectivity index (χ1v) is 10.9. The lowest BCUT2D eigenvalue weighted by Crippen LogP contribution is -2.34. The lowest BCUT2D eigenvalue weighted by molar-refractivity contribution is -0.148. The van der Waals surface area contributed by atoms with Crippen molar-refractivity contribution in [2.45, 2.75) is 51.6 Å². The molecule has 7 nitrogen and oxygen atoms in total. The van der Waals surface area contributed by atoms with E-state index >= 15 is 0 Å². The van der Waals surface area contributed by atoms with Gasteiger partial charge < -0.3 is 20.1 Å². The van der Waals surface area contributed by atoms with Crippen molar-refractivity contribution >= 4 is 11.7 Å². The maximum absolute atomic E-state index is 13.1. The molecule has 34 heavy (non-hydrogen) atoms. The third-order valence-corrected chi connectivity index (χ3v) is 5.79. The normalized spacial score (nSPS) is 16.1. The molecule has 0 saturated heterocycles. The first-order valence-electron chi connectivity index (χ1n) is 10.9. The average molecular weight is 484 g/mol. The first kappa shape index (κ1) is 25.7. The van der Waals surface area contributed by atoms with E-state index in [1.54, 1.807) is 37.2 Å². The quantitative estimate of drug-likeness (QED) is 0.546. The van der Waals surface area contributed by atoms with Crippen LogP contribution in [0.3, 0.4) is 0 Å². The highest BCUT2D eigenvalue weighted by Gasteiger charge is 2.42. The van der Waals surface area contributed by atoms with E-state index in [2.05, 4.69) is 15.3 Å². The monoisotopic (exact) mass is 484 g/mol. The predicted molar refractivity (Wildman–Crippen MR) is 117 cm³/mol. The van der Waals surface area contributed by atoms with Crippen LogP contribution >= 0.6 is 0 Å². The molecule has 1 unspecified atom stereocenters. The number of aryl methyl sites for hydroxylation is 1. The third kappa shape index (κ3) is 5.75. The fourth-order valence-corrected chi connectivity index (χ4v) is 3.45. The van der Waals surface area contributed by atoms with Crippen molar-refractivity contribution in [2.24, 2.45) is 5.92 Å². The van der Waals surface area contributed by atoms with Crippen LogP contribution in [0.15, 0.2) is 24.5 Å². The predicted octanol–water partition coefficient (Wildman–Crippen LogP) is 4.21. The molecule has 0 bridgehead atoms. The molecule has 1 aliphatic carbocycles. The van der Waals surface area contributed by atoms with Gasteiger partial charge >= 0.3 is 12.3 Å². The van der Waals surface area contributed by atoms with Crippen LogP contribution in [0.25, 0.3) is 0 Å². The van der Waals surface area contributed by atoms with E-state index in [0.29, 0.717) is 41.6 Å². The molecule has 0 spiro atoms. The summed E-state index contributed by atoms with van der Waals surface area (Å²) in [6.45, 7) is 2.70. The Hall–Kier alpha value is -2.95. The Balaban J connectivity index is 0.000000574. The van der Waals surface area contributed by atoms with Gasteiger partial charge in [-0.1, -0.05) is 0 Å². The number of rotatable bonds is 8. The van der Waals surface area contributed by atoms with E-state index in [1.807, 2.05) is 6.92 Å². The lowest BCUT2D eigenvalue weighted by atomic mass is 10.1.